The highest BCUT2D eigenvalue weighted by molar-refractivity contribution is 6.42. The summed E-state index contributed by atoms with van der Waals surface area (Å²) in [5.41, 5.74) is 0.833. The molecule has 0 amide bonds. The van der Waals surface area contributed by atoms with Crippen LogP contribution >= 0.6 is 23.2 Å². The lowest BCUT2D eigenvalue weighted by molar-refractivity contribution is -0.419. The van der Waals surface area contributed by atoms with Crippen molar-refractivity contribution >= 4 is 34.7 Å². The quantitative estimate of drug-likeness (QED) is 0.648. The standard InChI is InChI=1S/C12H10Cl2N2O/c1-15-12(11-3-2-6-17-11)16-8-4-5-9(13)10(14)7-8/h2-7H,1H3,(H,15,16)/p+1. The van der Waals surface area contributed by atoms with Gasteiger partial charge in [-0.2, -0.15) is 0 Å². The van der Waals surface area contributed by atoms with Crippen LogP contribution in [-0.4, -0.2) is 12.9 Å². The lowest BCUT2D eigenvalue weighted by atomic mass is 10.3. The predicted octanol–water partition coefficient (Wildman–Crippen LogP) is 2.16. The van der Waals surface area contributed by atoms with Crippen LogP contribution in [-0.2, 0) is 0 Å². The van der Waals surface area contributed by atoms with Gasteiger partial charge in [0, 0.05) is 6.07 Å². The van der Waals surface area contributed by atoms with Gasteiger partial charge in [-0.25, -0.2) is 5.32 Å². The van der Waals surface area contributed by atoms with Crippen LogP contribution in [0.25, 0.3) is 0 Å². The Labute approximate surface area is 109 Å². The van der Waals surface area contributed by atoms with Gasteiger partial charge in [0.2, 0.25) is 5.76 Å². The van der Waals surface area contributed by atoms with Crippen LogP contribution in [0.3, 0.4) is 0 Å². The molecular weight excluding hydrogens is 259 g/mol. The van der Waals surface area contributed by atoms with Gasteiger partial charge in [0.25, 0.3) is 0 Å². The van der Waals surface area contributed by atoms with E-state index in [0.29, 0.717) is 10.0 Å². The molecule has 0 aliphatic rings. The number of amidine groups is 1. The number of furan rings is 1. The Bertz CT molecular complexity index is 535. The van der Waals surface area contributed by atoms with E-state index in [0.717, 1.165) is 17.3 Å². The Hall–Kier alpha value is -1.45. The van der Waals surface area contributed by atoms with E-state index < -0.39 is 0 Å². The van der Waals surface area contributed by atoms with Gasteiger partial charge in [-0.3, -0.25) is 4.99 Å². The monoisotopic (exact) mass is 269 g/mol. The SMILES string of the molecule is C[NH+]=C(Nc1ccc(Cl)c(Cl)c1)c1ccco1. The van der Waals surface area contributed by atoms with Crippen molar-refractivity contribution in [3.63, 3.8) is 0 Å². The smallest absolute Gasteiger partial charge is 0.316 e. The van der Waals surface area contributed by atoms with E-state index in [1.807, 2.05) is 25.2 Å². The predicted molar refractivity (Wildman–Crippen MR) is 69.8 cm³/mol. The molecule has 17 heavy (non-hydrogen) atoms. The third-order valence-corrected chi connectivity index (χ3v) is 2.95. The van der Waals surface area contributed by atoms with Crippen LogP contribution in [0.4, 0.5) is 5.69 Å². The average Bonchev–Trinajstić information content (AvgIpc) is 2.84. The van der Waals surface area contributed by atoms with E-state index in [9.17, 15) is 0 Å². The van der Waals surface area contributed by atoms with E-state index >= 15 is 0 Å². The summed E-state index contributed by atoms with van der Waals surface area (Å²) in [6.45, 7) is 0. The largest absolute Gasteiger partial charge is 0.456 e. The summed E-state index contributed by atoms with van der Waals surface area (Å²) < 4.78 is 5.29. The molecule has 0 fully saturated rings. The number of rotatable bonds is 2. The molecule has 0 atom stereocenters. The molecule has 1 heterocycles. The summed E-state index contributed by atoms with van der Waals surface area (Å²) in [6.07, 6.45) is 1.61. The van der Waals surface area contributed by atoms with Crippen LogP contribution in [0, 0.1) is 0 Å². The Morgan fingerprint density at radius 3 is 2.65 bits per heavy atom. The van der Waals surface area contributed by atoms with Gasteiger partial charge in [-0.15, -0.1) is 0 Å². The lowest BCUT2D eigenvalue weighted by Crippen LogP contribution is -2.70. The van der Waals surface area contributed by atoms with Crippen LogP contribution in [0.2, 0.25) is 10.0 Å². The molecule has 88 valence electrons. The number of hydrogen-bond donors (Lipinski definition) is 2. The van der Waals surface area contributed by atoms with E-state index in [1.165, 1.54) is 0 Å². The molecule has 0 spiro atoms. The van der Waals surface area contributed by atoms with Gasteiger partial charge in [-0.05, 0) is 24.3 Å². The average molecular weight is 270 g/mol. The zero-order valence-electron chi connectivity index (χ0n) is 9.13. The molecule has 2 aromatic rings. The van der Waals surface area contributed by atoms with Crippen LogP contribution in [0.15, 0.2) is 41.0 Å². The minimum absolute atomic E-state index is 0.506. The van der Waals surface area contributed by atoms with Gasteiger partial charge in [0.15, 0.2) is 0 Å². The normalized spacial score (nSPS) is 11.6. The number of hydrogen-bond acceptors (Lipinski definition) is 1. The topological polar surface area (TPSA) is 39.1 Å². The molecule has 1 aromatic heterocycles. The van der Waals surface area contributed by atoms with Gasteiger partial charge in [-0.1, -0.05) is 23.2 Å². The van der Waals surface area contributed by atoms with E-state index in [2.05, 4.69) is 10.3 Å². The van der Waals surface area contributed by atoms with Crippen molar-refractivity contribution < 1.29 is 9.41 Å². The summed E-state index contributed by atoms with van der Waals surface area (Å²) in [4.78, 5) is 3.02. The maximum atomic E-state index is 5.94. The van der Waals surface area contributed by atoms with E-state index in [1.54, 1.807) is 18.4 Å². The van der Waals surface area contributed by atoms with Crippen molar-refractivity contribution in [3.05, 3.63) is 52.4 Å². The van der Waals surface area contributed by atoms with Gasteiger partial charge in [0.05, 0.1) is 23.4 Å². The highest BCUT2D eigenvalue weighted by Gasteiger charge is 2.13. The fraction of sp³-hybridized carbons (Fsp3) is 0.0833. The van der Waals surface area contributed by atoms with Crippen molar-refractivity contribution in [2.24, 2.45) is 0 Å². The zero-order chi connectivity index (χ0) is 12.3. The molecule has 1 aromatic carbocycles. The van der Waals surface area contributed by atoms with Gasteiger partial charge in [0.1, 0.15) is 5.69 Å². The molecule has 5 heteroatoms. The number of halogens is 2. The third kappa shape index (κ3) is 2.81. The highest BCUT2D eigenvalue weighted by Crippen LogP contribution is 2.25. The second-order valence-electron chi connectivity index (χ2n) is 3.36. The summed E-state index contributed by atoms with van der Waals surface area (Å²) in [5, 5.41) is 4.20. The molecule has 0 unspecified atom stereocenters. The van der Waals surface area contributed by atoms with E-state index in [4.69, 9.17) is 27.6 Å². The second-order valence-corrected chi connectivity index (χ2v) is 4.17. The molecule has 0 aliphatic carbocycles. The first-order valence-corrected chi connectivity index (χ1v) is 5.77. The highest BCUT2D eigenvalue weighted by atomic mass is 35.5. The molecule has 2 rings (SSSR count). The van der Waals surface area contributed by atoms with Crippen LogP contribution in [0.5, 0.6) is 0 Å². The maximum Gasteiger partial charge on any atom is 0.316 e. The summed E-state index contributed by atoms with van der Waals surface area (Å²) in [6, 6.07) is 9.01. The molecule has 0 saturated carbocycles. The molecule has 0 aliphatic heterocycles. The van der Waals surface area contributed by atoms with E-state index in [-0.39, 0.29) is 0 Å². The fourth-order valence-electron chi connectivity index (χ4n) is 1.39. The Kier molecular flexibility index (Phi) is 3.71. The first kappa shape index (κ1) is 12.0. The summed E-state index contributed by atoms with van der Waals surface area (Å²) in [5.74, 6) is 1.48. The molecule has 0 radical (unpaired) electrons. The second kappa shape index (κ2) is 5.25. The van der Waals surface area contributed by atoms with Crippen molar-refractivity contribution in [3.8, 4) is 0 Å². The van der Waals surface area contributed by atoms with Crippen LogP contribution in [0.1, 0.15) is 5.76 Å². The number of benzene rings is 1. The van der Waals surface area contributed by atoms with Crippen molar-refractivity contribution in [1.29, 1.82) is 0 Å². The first-order valence-electron chi connectivity index (χ1n) is 5.01. The molecule has 0 bridgehead atoms. The number of nitrogens with one attached hydrogen (secondary N) is 2. The molecule has 3 nitrogen and oxygen atoms in total. The van der Waals surface area contributed by atoms with Crippen molar-refractivity contribution in [2.75, 3.05) is 12.4 Å². The minimum atomic E-state index is 0.506. The van der Waals surface area contributed by atoms with Crippen LogP contribution < -0.4 is 10.3 Å². The minimum Gasteiger partial charge on any atom is -0.456 e. The lowest BCUT2D eigenvalue weighted by Gasteiger charge is -2.01. The third-order valence-electron chi connectivity index (χ3n) is 2.21. The zero-order valence-corrected chi connectivity index (χ0v) is 10.6. The molecule has 0 saturated heterocycles. The van der Waals surface area contributed by atoms with Gasteiger partial charge < -0.3 is 4.42 Å². The Balaban J connectivity index is 2.22. The maximum absolute atomic E-state index is 5.94. The van der Waals surface area contributed by atoms with Crippen molar-refractivity contribution in [2.45, 2.75) is 0 Å². The van der Waals surface area contributed by atoms with Gasteiger partial charge >= 0.3 is 5.84 Å². The number of anilines is 1. The first-order chi connectivity index (χ1) is 8.20. The van der Waals surface area contributed by atoms with Crippen molar-refractivity contribution in [1.82, 2.24) is 0 Å². The summed E-state index contributed by atoms with van der Waals surface area (Å²) in [7, 11) is 1.81. The molecule has 2 N–H and O–H groups in total. The molecular formula is C12H11Cl2N2O+. The summed E-state index contributed by atoms with van der Waals surface area (Å²) >= 11 is 11.8. The Morgan fingerprint density at radius 1 is 1.24 bits per heavy atom. The fourth-order valence-corrected chi connectivity index (χ4v) is 1.68. The Morgan fingerprint density at radius 2 is 2.06 bits per heavy atom.